The van der Waals surface area contributed by atoms with Crippen molar-refractivity contribution >= 4 is 27.3 Å². The van der Waals surface area contributed by atoms with Crippen LogP contribution in [0.1, 0.15) is 5.69 Å². The second kappa shape index (κ2) is 7.40. The Hall–Kier alpha value is -3.13. The topological polar surface area (TPSA) is 101 Å². The van der Waals surface area contributed by atoms with E-state index in [-0.39, 0.29) is 12.3 Å². The maximum Gasteiger partial charge on any atom is 0.230 e. The van der Waals surface area contributed by atoms with E-state index < -0.39 is 10.0 Å². The molecule has 0 bridgehead atoms. The van der Waals surface area contributed by atoms with E-state index in [0.717, 1.165) is 11.8 Å². The first kappa shape index (κ1) is 17.7. The molecule has 26 heavy (non-hydrogen) atoms. The van der Waals surface area contributed by atoms with Gasteiger partial charge in [-0.2, -0.15) is 0 Å². The fourth-order valence-corrected chi connectivity index (χ4v) is 2.92. The summed E-state index contributed by atoms with van der Waals surface area (Å²) in [6.07, 6.45) is 2.48. The summed E-state index contributed by atoms with van der Waals surface area (Å²) in [6, 6.07) is 15.9. The van der Waals surface area contributed by atoms with Gasteiger partial charge in [-0.25, -0.2) is 13.4 Å². The SMILES string of the molecule is CS(=O)(=O)Nc1ccccc1NC(=O)Cc1coc(-c2ccccc2)n1. The largest absolute Gasteiger partial charge is 0.444 e. The Bertz CT molecular complexity index is 1010. The van der Waals surface area contributed by atoms with Crippen LogP contribution >= 0.6 is 0 Å². The number of carbonyl (C=O) groups excluding carboxylic acids is 1. The quantitative estimate of drug-likeness (QED) is 0.694. The van der Waals surface area contributed by atoms with Crippen LogP contribution in [0.15, 0.2) is 65.3 Å². The van der Waals surface area contributed by atoms with E-state index >= 15 is 0 Å². The summed E-state index contributed by atoms with van der Waals surface area (Å²) >= 11 is 0. The van der Waals surface area contributed by atoms with Gasteiger partial charge in [-0.15, -0.1) is 0 Å². The Morgan fingerprint density at radius 2 is 1.69 bits per heavy atom. The second-order valence-corrected chi connectivity index (χ2v) is 7.40. The molecule has 0 saturated carbocycles. The highest BCUT2D eigenvalue weighted by Gasteiger charge is 2.13. The lowest BCUT2D eigenvalue weighted by Crippen LogP contribution is -2.17. The standard InChI is InChI=1S/C18H17N3O4S/c1-26(23,24)21-16-10-6-5-9-15(16)20-17(22)11-14-12-25-18(19-14)13-7-3-2-4-8-13/h2-10,12,21H,11H2,1H3,(H,20,22). The number of nitrogens with zero attached hydrogens (tertiary/aromatic N) is 1. The predicted molar refractivity (Wildman–Crippen MR) is 99.2 cm³/mol. The van der Waals surface area contributed by atoms with Crippen molar-refractivity contribution in [3.63, 3.8) is 0 Å². The van der Waals surface area contributed by atoms with Gasteiger partial charge in [0, 0.05) is 5.56 Å². The molecular weight excluding hydrogens is 354 g/mol. The first-order valence-corrected chi connectivity index (χ1v) is 9.66. The fourth-order valence-electron chi connectivity index (χ4n) is 2.34. The van der Waals surface area contributed by atoms with Gasteiger partial charge < -0.3 is 9.73 Å². The van der Waals surface area contributed by atoms with Crippen molar-refractivity contribution in [1.29, 1.82) is 0 Å². The zero-order valence-electron chi connectivity index (χ0n) is 14.0. The summed E-state index contributed by atoms with van der Waals surface area (Å²) < 4.78 is 30.6. The van der Waals surface area contributed by atoms with Gasteiger partial charge in [0.15, 0.2) is 0 Å². The van der Waals surface area contributed by atoms with Crippen molar-refractivity contribution < 1.29 is 17.6 Å². The molecule has 0 aliphatic rings. The zero-order chi connectivity index (χ0) is 18.6. The van der Waals surface area contributed by atoms with Gasteiger partial charge in [-0.1, -0.05) is 30.3 Å². The molecule has 0 spiro atoms. The van der Waals surface area contributed by atoms with E-state index in [0.29, 0.717) is 23.0 Å². The summed E-state index contributed by atoms with van der Waals surface area (Å²) in [5, 5.41) is 2.68. The first-order valence-electron chi connectivity index (χ1n) is 7.77. The van der Waals surface area contributed by atoms with Crippen LogP contribution in [-0.2, 0) is 21.2 Å². The van der Waals surface area contributed by atoms with Crippen LogP contribution in [0.4, 0.5) is 11.4 Å². The molecule has 0 unspecified atom stereocenters. The number of aromatic nitrogens is 1. The number of hydrogen-bond donors (Lipinski definition) is 2. The van der Waals surface area contributed by atoms with E-state index in [1.54, 1.807) is 24.3 Å². The number of sulfonamides is 1. The molecule has 1 heterocycles. The van der Waals surface area contributed by atoms with Crippen molar-refractivity contribution in [3.05, 3.63) is 66.6 Å². The molecule has 134 valence electrons. The molecule has 0 radical (unpaired) electrons. The lowest BCUT2D eigenvalue weighted by atomic mass is 10.2. The average molecular weight is 371 g/mol. The van der Waals surface area contributed by atoms with Gasteiger partial charge in [-0.05, 0) is 24.3 Å². The molecule has 7 nitrogen and oxygen atoms in total. The highest BCUT2D eigenvalue weighted by Crippen LogP contribution is 2.22. The number of anilines is 2. The maximum atomic E-state index is 12.3. The molecule has 2 N–H and O–H groups in total. The van der Waals surface area contributed by atoms with Crippen molar-refractivity contribution in [3.8, 4) is 11.5 Å². The smallest absolute Gasteiger partial charge is 0.230 e. The van der Waals surface area contributed by atoms with Crippen LogP contribution in [0.2, 0.25) is 0 Å². The Morgan fingerprint density at radius 3 is 2.38 bits per heavy atom. The normalized spacial score (nSPS) is 11.1. The molecule has 2 aromatic carbocycles. The summed E-state index contributed by atoms with van der Waals surface area (Å²) in [7, 11) is -3.45. The van der Waals surface area contributed by atoms with E-state index in [1.807, 2.05) is 30.3 Å². The molecule has 0 fully saturated rings. The molecule has 1 aromatic heterocycles. The number of carbonyl (C=O) groups is 1. The summed E-state index contributed by atoms with van der Waals surface area (Å²) in [5.74, 6) is 0.105. The molecule has 3 rings (SSSR count). The molecule has 0 atom stereocenters. The van der Waals surface area contributed by atoms with Crippen molar-refractivity contribution in [1.82, 2.24) is 4.98 Å². The van der Waals surface area contributed by atoms with Gasteiger partial charge >= 0.3 is 0 Å². The van der Waals surface area contributed by atoms with Gasteiger partial charge in [-0.3, -0.25) is 9.52 Å². The van der Waals surface area contributed by atoms with Crippen LogP contribution in [0.25, 0.3) is 11.5 Å². The Kier molecular flexibility index (Phi) is 5.04. The van der Waals surface area contributed by atoms with Crippen LogP contribution in [0, 0.1) is 0 Å². The second-order valence-electron chi connectivity index (χ2n) is 5.65. The third kappa shape index (κ3) is 4.70. The minimum atomic E-state index is -3.45. The summed E-state index contributed by atoms with van der Waals surface area (Å²) in [4.78, 5) is 16.6. The summed E-state index contributed by atoms with van der Waals surface area (Å²) in [6.45, 7) is 0. The van der Waals surface area contributed by atoms with Crippen LogP contribution < -0.4 is 10.0 Å². The average Bonchev–Trinajstić information content (AvgIpc) is 3.04. The van der Waals surface area contributed by atoms with Crippen molar-refractivity contribution in [2.45, 2.75) is 6.42 Å². The van der Waals surface area contributed by atoms with Crippen molar-refractivity contribution in [2.24, 2.45) is 0 Å². The van der Waals surface area contributed by atoms with E-state index in [9.17, 15) is 13.2 Å². The van der Waals surface area contributed by atoms with E-state index in [2.05, 4.69) is 15.0 Å². The molecular formula is C18H17N3O4S. The Balaban J connectivity index is 1.70. The lowest BCUT2D eigenvalue weighted by molar-refractivity contribution is -0.115. The minimum absolute atomic E-state index is 0.00351. The lowest BCUT2D eigenvalue weighted by Gasteiger charge is -2.11. The molecule has 3 aromatic rings. The van der Waals surface area contributed by atoms with Crippen LogP contribution in [-0.4, -0.2) is 25.6 Å². The maximum absolute atomic E-state index is 12.3. The Labute approximate surface area is 151 Å². The monoisotopic (exact) mass is 371 g/mol. The third-order valence-corrected chi connectivity index (χ3v) is 4.00. The molecule has 0 saturated heterocycles. The van der Waals surface area contributed by atoms with Crippen LogP contribution in [0.3, 0.4) is 0 Å². The number of rotatable bonds is 6. The third-order valence-electron chi connectivity index (χ3n) is 3.41. The van der Waals surface area contributed by atoms with Crippen LogP contribution in [0.5, 0.6) is 0 Å². The highest BCUT2D eigenvalue weighted by atomic mass is 32.2. The highest BCUT2D eigenvalue weighted by molar-refractivity contribution is 7.92. The van der Waals surface area contributed by atoms with Gasteiger partial charge in [0.2, 0.25) is 21.8 Å². The van der Waals surface area contributed by atoms with Gasteiger partial charge in [0.1, 0.15) is 6.26 Å². The number of hydrogen-bond acceptors (Lipinski definition) is 5. The van der Waals surface area contributed by atoms with Crippen molar-refractivity contribution in [2.75, 3.05) is 16.3 Å². The summed E-state index contributed by atoms with van der Waals surface area (Å²) in [5.41, 5.74) is 1.97. The minimum Gasteiger partial charge on any atom is -0.444 e. The number of amides is 1. The van der Waals surface area contributed by atoms with E-state index in [1.165, 1.54) is 6.26 Å². The molecule has 0 aliphatic heterocycles. The molecule has 8 heteroatoms. The number of oxazole rings is 1. The predicted octanol–water partition coefficient (Wildman–Crippen LogP) is 2.89. The van der Waals surface area contributed by atoms with E-state index in [4.69, 9.17) is 4.42 Å². The first-order chi connectivity index (χ1) is 12.4. The van der Waals surface area contributed by atoms with Gasteiger partial charge in [0.05, 0.1) is 29.7 Å². The number of benzene rings is 2. The number of nitrogens with one attached hydrogen (secondary N) is 2. The zero-order valence-corrected chi connectivity index (χ0v) is 14.8. The Morgan fingerprint density at radius 1 is 1.04 bits per heavy atom. The van der Waals surface area contributed by atoms with Gasteiger partial charge in [0.25, 0.3) is 0 Å². The molecule has 0 aliphatic carbocycles. The molecule has 1 amide bonds. The number of para-hydroxylation sites is 2. The fraction of sp³-hybridized carbons (Fsp3) is 0.111.